The second-order valence-corrected chi connectivity index (χ2v) is 6.73. The van der Waals surface area contributed by atoms with E-state index in [4.69, 9.17) is 14.2 Å². The summed E-state index contributed by atoms with van der Waals surface area (Å²) in [6, 6.07) is 11.3. The van der Waals surface area contributed by atoms with Crippen LogP contribution in [-0.4, -0.2) is 43.6 Å². The van der Waals surface area contributed by atoms with E-state index in [0.717, 1.165) is 0 Å². The third kappa shape index (κ3) is 5.63. The number of hydrazine groups is 1. The Balaban J connectivity index is 1.44. The Morgan fingerprint density at radius 1 is 0.900 bits per heavy atom. The molecule has 3 rings (SSSR count). The van der Waals surface area contributed by atoms with Gasteiger partial charge < -0.3 is 19.5 Å². The predicted octanol–water partition coefficient (Wildman–Crippen LogP) is 1.44. The first-order valence-electron chi connectivity index (χ1n) is 9.46. The first kappa shape index (κ1) is 21.0. The van der Waals surface area contributed by atoms with Crippen molar-refractivity contribution in [3.8, 4) is 17.2 Å². The van der Waals surface area contributed by atoms with Crippen LogP contribution in [0.5, 0.6) is 17.2 Å². The normalized spacial score (nSPS) is 12.1. The van der Waals surface area contributed by atoms with Gasteiger partial charge in [0, 0.05) is 11.1 Å². The molecule has 0 bridgehead atoms. The summed E-state index contributed by atoms with van der Waals surface area (Å²) in [7, 11) is 0. The average molecular weight is 413 g/mol. The molecule has 1 aliphatic rings. The van der Waals surface area contributed by atoms with Crippen LogP contribution in [0.25, 0.3) is 0 Å². The van der Waals surface area contributed by atoms with E-state index in [-0.39, 0.29) is 12.6 Å². The Hall–Kier alpha value is -3.75. The number of amides is 3. The first-order valence-corrected chi connectivity index (χ1v) is 9.46. The van der Waals surface area contributed by atoms with Gasteiger partial charge in [-0.3, -0.25) is 25.2 Å². The standard InChI is InChI=1S/C21H23N3O6/c1-13(2)30-16-6-3-14(4-7-16)20(26)22-12-19(25)23-24-21(27)15-5-8-17-18(11-15)29-10-9-28-17/h3-8,11,13H,9-10,12H2,1-2H3,(H,22,26)(H,23,25)(H,24,27). The highest BCUT2D eigenvalue weighted by Crippen LogP contribution is 2.30. The van der Waals surface area contributed by atoms with Gasteiger partial charge in [0.2, 0.25) is 0 Å². The molecular weight excluding hydrogens is 390 g/mol. The van der Waals surface area contributed by atoms with Crippen molar-refractivity contribution in [2.45, 2.75) is 20.0 Å². The molecule has 0 aromatic heterocycles. The number of rotatable bonds is 6. The van der Waals surface area contributed by atoms with Crippen LogP contribution in [0, 0.1) is 0 Å². The SMILES string of the molecule is CC(C)Oc1ccc(C(=O)NCC(=O)NNC(=O)c2ccc3c(c2)OCCO3)cc1. The van der Waals surface area contributed by atoms with Crippen molar-refractivity contribution in [2.75, 3.05) is 19.8 Å². The summed E-state index contributed by atoms with van der Waals surface area (Å²) < 4.78 is 16.3. The number of carbonyl (C=O) groups is 3. The Bertz CT molecular complexity index is 927. The van der Waals surface area contributed by atoms with Gasteiger partial charge in [-0.25, -0.2) is 0 Å². The van der Waals surface area contributed by atoms with Crippen LogP contribution >= 0.6 is 0 Å². The molecule has 3 amide bonds. The molecule has 0 radical (unpaired) electrons. The topological polar surface area (TPSA) is 115 Å². The van der Waals surface area contributed by atoms with Crippen LogP contribution in [0.2, 0.25) is 0 Å². The zero-order valence-electron chi connectivity index (χ0n) is 16.7. The van der Waals surface area contributed by atoms with Crippen molar-refractivity contribution in [3.05, 3.63) is 53.6 Å². The van der Waals surface area contributed by atoms with Crippen molar-refractivity contribution in [1.29, 1.82) is 0 Å². The van der Waals surface area contributed by atoms with Crippen molar-refractivity contribution in [3.63, 3.8) is 0 Å². The molecule has 0 spiro atoms. The van der Waals surface area contributed by atoms with Gasteiger partial charge in [0.25, 0.3) is 17.7 Å². The molecule has 0 saturated carbocycles. The van der Waals surface area contributed by atoms with Crippen LogP contribution in [0.15, 0.2) is 42.5 Å². The second kappa shape index (κ2) is 9.64. The minimum atomic E-state index is -0.575. The molecule has 0 fully saturated rings. The summed E-state index contributed by atoms with van der Waals surface area (Å²) in [4.78, 5) is 36.2. The molecule has 2 aromatic carbocycles. The van der Waals surface area contributed by atoms with Crippen LogP contribution in [0.4, 0.5) is 0 Å². The van der Waals surface area contributed by atoms with E-state index in [1.165, 1.54) is 6.07 Å². The largest absolute Gasteiger partial charge is 0.491 e. The molecule has 1 heterocycles. The maximum absolute atomic E-state index is 12.2. The molecule has 9 nitrogen and oxygen atoms in total. The molecule has 1 aliphatic heterocycles. The lowest BCUT2D eigenvalue weighted by molar-refractivity contribution is -0.120. The van der Waals surface area contributed by atoms with E-state index in [1.807, 2.05) is 13.8 Å². The maximum atomic E-state index is 12.2. The lowest BCUT2D eigenvalue weighted by atomic mass is 10.2. The van der Waals surface area contributed by atoms with E-state index >= 15 is 0 Å². The van der Waals surface area contributed by atoms with E-state index in [0.29, 0.717) is 41.6 Å². The van der Waals surface area contributed by atoms with Crippen molar-refractivity contribution in [2.24, 2.45) is 0 Å². The van der Waals surface area contributed by atoms with Gasteiger partial charge in [0.05, 0.1) is 12.6 Å². The fourth-order valence-corrected chi connectivity index (χ4v) is 2.65. The third-order valence-electron chi connectivity index (χ3n) is 4.02. The lowest BCUT2D eigenvalue weighted by Gasteiger charge is -2.18. The van der Waals surface area contributed by atoms with E-state index in [2.05, 4.69) is 16.2 Å². The van der Waals surface area contributed by atoms with Crippen molar-refractivity contribution < 1.29 is 28.6 Å². The van der Waals surface area contributed by atoms with Gasteiger partial charge >= 0.3 is 0 Å². The summed E-state index contributed by atoms with van der Waals surface area (Å²) in [5.41, 5.74) is 5.23. The summed E-state index contributed by atoms with van der Waals surface area (Å²) in [5.74, 6) is 0.174. The van der Waals surface area contributed by atoms with E-state index < -0.39 is 17.7 Å². The molecule has 0 atom stereocenters. The van der Waals surface area contributed by atoms with Crippen LogP contribution < -0.4 is 30.4 Å². The summed E-state index contributed by atoms with van der Waals surface area (Å²) in [5, 5.41) is 2.48. The number of hydrogen-bond acceptors (Lipinski definition) is 6. The summed E-state index contributed by atoms with van der Waals surface area (Å²) in [6.07, 6.45) is 0.0331. The Labute approximate surface area is 173 Å². The van der Waals surface area contributed by atoms with Crippen LogP contribution in [-0.2, 0) is 4.79 Å². The number of ether oxygens (including phenoxy) is 3. The zero-order chi connectivity index (χ0) is 21.5. The average Bonchev–Trinajstić information content (AvgIpc) is 2.75. The van der Waals surface area contributed by atoms with Crippen molar-refractivity contribution in [1.82, 2.24) is 16.2 Å². The monoisotopic (exact) mass is 413 g/mol. The van der Waals surface area contributed by atoms with Crippen molar-refractivity contribution >= 4 is 17.7 Å². The summed E-state index contributed by atoms with van der Waals surface area (Å²) in [6.45, 7) is 4.38. The lowest BCUT2D eigenvalue weighted by Crippen LogP contribution is -2.46. The highest BCUT2D eigenvalue weighted by Gasteiger charge is 2.15. The Morgan fingerprint density at radius 2 is 1.57 bits per heavy atom. The minimum Gasteiger partial charge on any atom is -0.491 e. The molecule has 2 aromatic rings. The number of nitrogens with one attached hydrogen (secondary N) is 3. The molecule has 30 heavy (non-hydrogen) atoms. The summed E-state index contributed by atoms with van der Waals surface area (Å²) >= 11 is 0. The Kier molecular flexibility index (Phi) is 6.74. The van der Waals surface area contributed by atoms with Gasteiger partial charge in [0.15, 0.2) is 11.5 Å². The molecular formula is C21H23N3O6. The second-order valence-electron chi connectivity index (χ2n) is 6.73. The van der Waals surface area contributed by atoms with E-state index in [9.17, 15) is 14.4 Å². The molecule has 0 saturated heterocycles. The van der Waals surface area contributed by atoms with Gasteiger partial charge in [-0.15, -0.1) is 0 Å². The van der Waals surface area contributed by atoms with Gasteiger partial charge in [-0.1, -0.05) is 0 Å². The molecule has 158 valence electrons. The van der Waals surface area contributed by atoms with Crippen LogP contribution in [0.1, 0.15) is 34.6 Å². The van der Waals surface area contributed by atoms with Gasteiger partial charge in [-0.05, 0) is 56.3 Å². The van der Waals surface area contributed by atoms with Gasteiger partial charge in [0.1, 0.15) is 19.0 Å². The number of carbonyl (C=O) groups excluding carboxylic acids is 3. The first-order chi connectivity index (χ1) is 14.4. The highest BCUT2D eigenvalue weighted by atomic mass is 16.6. The maximum Gasteiger partial charge on any atom is 0.269 e. The highest BCUT2D eigenvalue weighted by molar-refractivity contribution is 5.98. The molecule has 9 heteroatoms. The Morgan fingerprint density at radius 3 is 2.27 bits per heavy atom. The zero-order valence-corrected chi connectivity index (χ0v) is 16.7. The quantitative estimate of drug-likeness (QED) is 0.618. The molecule has 3 N–H and O–H groups in total. The van der Waals surface area contributed by atoms with Gasteiger partial charge in [-0.2, -0.15) is 0 Å². The fourth-order valence-electron chi connectivity index (χ4n) is 2.65. The predicted molar refractivity (Wildman–Crippen MR) is 108 cm³/mol. The van der Waals surface area contributed by atoms with E-state index in [1.54, 1.807) is 36.4 Å². The fraction of sp³-hybridized carbons (Fsp3) is 0.286. The van der Waals surface area contributed by atoms with Crippen LogP contribution in [0.3, 0.4) is 0 Å². The number of hydrogen-bond donors (Lipinski definition) is 3. The molecule has 0 aliphatic carbocycles. The minimum absolute atomic E-state index is 0.0331. The third-order valence-corrected chi connectivity index (χ3v) is 4.02. The number of fused-ring (bicyclic) bond motifs is 1. The number of benzene rings is 2. The molecule has 0 unspecified atom stereocenters. The smallest absolute Gasteiger partial charge is 0.269 e.